The average molecular weight is 162 g/mol. The molecular formula is C10H15BO. The normalized spacial score (nSPS) is 9.83. The molecule has 0 radical (unpaired) electrons. The van der Waals surface area contributed by atoms with Gasteiger partial charge in [-0.25, -0.2) is 0 Å². The third kappa shape index (κ3) is 2.70. The molecule has 0 aliphatic carbocycles. The molecule has 0 amide bonds. The number of rotatable bonds is 4. The summed E-state index contributed by atoms with van der Waals surface area (Å²) in [5.41, 5.74) is 2.37. The zero-order valence-corrected chi connectivity index (χ0v) is 7.59. The van der Waals surface area contributed by atoms with Gasteiger partial charge in [0.2, 0.25) is 0 Å². The molecule has 0 unspecified atom stereocenters. The van der Waals surface area contributed by atoms with Crippen LogP contribution in [0.4, 0.5) is 0 Å². The Hall–Kier alpha value is -0.755. The SMILES string of the molecule is CCCCc1ccc(BO)cc1. The Morgan fingerprint density at radius 2 is 1.92 bits per heavy atom. The van der Waals surface area contributed by atoms with E-state index in [1.54, 1.807) is 0 Å². The standard InChI is InChI=1S/C10H15BO/c1-2-3-4-9-5-7-10(11-12)8-6-9/h5-8,11-12H,2-4H2,1H3. The molecule has 1 aromatic carbocycles. The van der Waals surface area contributed by atoms with E-state index >= 15 is 0 Å². The van der Waals surface area contributed by atoms with Gasteiger partial charge in [0.1, 0.15) is 0 Å². The van der Waals surface area contributed by atoms with Gasteiger partial charge < -0.3 is 5.02 Å². The van der Waals surface area contributed by atoms with Crippen LogP contribution in [0.25, 0.3) is 0 Å². The second kappa shape index (κ2) is 4.99. The monoisotopic (exact) mass is 162 g/mol. The second-order valence-corrected chi connectivity index (χ2v) is 3.08. The fourth-order valence-electron chi connectivity index (χ4n) is 1.19. The van der Waals surface area contributed by atoms with Gasteiger partial charge >= 0.3 is 7.48 Å². The summed E-state index contributed by atoms with van der Waals surface area (Å²) < 4.78 is 0. The number of benzene rings is 1. The molecule has 0 aromatic heterocycles. The minimum atomic E-state index is 0.147. The first-order chi connectivity index (χ1) is 5.86. The Kier molecular flexibility index (Phi) is 3.88. The number of aryl methyl sites for hydroxylation is 1. The Bertz CT molecular complexity index is 218. The Morgan fingerprint density at radius 3 is 2.42 bits per heavy atom. The van der Waals surface area contributed by atoms with Crippen LogP contribution >= 0.6 is 0 Å². The van der Waals surface area contributed by atoms with Crippen LogP contribution in [0, 0.1) is 0 Å². The summed E-state index contributed by atoms with van der Waals surface area (Å²) in [5, 5.41) is 8.80. The van der Waals surface area contributed by atoms with Crippen LogP contribution in [0.5, 0.6) is 0 Å². The molecule has 1 N–H and O–H groups in total. The van der Waals surface area contributed by atoms with E-state index in [4.69, 9.17) is 5.02 Å². The fourth-order valence-corrected chi connectivity index (χ4v) is 1.19. The molecule has 2 heteroatoms. The lowest BCUT2D eigenvalue weighted by Crippen LogP contribution is -2.12. The molecule has 0 bridgehead atoms. The summed E-state index contributed by atoms with van der Waals surface area (Å²) >= 11 is 0. The summed E-state index contributed by atoms with van der Waals surface area (Å²) in [6.45, 7) is 2.20. The zero-order chi connectivity index (χ0) is 8.81. The van der Waals surface area contributed by atoms with Crippen molar-refractivity contribution in [1.29, 1.82) is 0 Å². The predicted molar refractivity (Wildman–Crippen MR) is 54.1 cm³/mol. The average Bonchev–Trinajstić information content (AvgIpc) is 2.15. The second-order valence-electron chi connectivity index (χ2n) is 3.08. The van der Waals surface area contributed by atoms with Crippen LogP contribution < -0.4 is 5.46 Å². The predicted octanol–water partition coefficient (Wildman–Crippen LogP) is 0.998. The Morgan fingerprint density at radius 1 is 1.25 bits per heavy atom. The summed E-state index contributed by atoms with van der Waals surface area (Å²) in [5.74, 6) is 0. The van der Waals surface area contributed by atoms with E-state index in [1.165, 1.54) is 18.4 Å². The van der Waals surface area contributed by atoms with Crippen molar-refractivity contribution in [3.05, 3.63) is 29.8 Å². The van der Waals surface area contributed by atoms with Crippen LogP contribution in [0.1, 0.15) is 25.3 Å². The van der Waals surface area contributed by atoms with Crippen molar-refractivity contribution >= 4 is 12.9 Å². The highest BCUT2D eigenvalue weighted by Crippen LogP contribution is 2.02. The quantitative estimate of drug-likeness (QED) is 0.654. The van der Waals surface area contributed by atoms with Gasteiger partial charge in [0.15, 0.2) is 0 Å². The first-order valence-electron chi connectivity index (χ1n) is 4.55. The fraction of sp³-hybridized carbons (Fsp3) is 0.400. The van der Waals surface area contributed by atoms with E-state index in [9.17, 15) is 0 Å². The molecule has 0 aliphatic rings. The maximum Gasteiger partial charge on any atom is 0.304 e. The van der Waals surface area contributed by atoms with E-state index < -0.39 is 0 Å². The first-order valence-corrected chi connectivity index (χ1v) is 4.55. The summed E-state index contributed by atoms with van der Waals surface area (Å²) in [7, 11) is 0.147. The molecule has 0 fully saturated rings. The summed E-state index contributed by atoms with van der Waals surface area (Å²) in [6.07, 6.45) is 3.64. The Labute approximate surface area is 74.7 Å². The van der Waals surface area contributed by atoms with Crippen molar-refractivity contribution in [3.63, 3.8) is 0 Å². The van der Waals surface area contributed by atoms with Crippen molar-refractivity contribution in [3.8, 4) is 0 Å². The van der Waals surface area contributed by atoms with Gasteiger partial charge in [0, 0.05) is 0 Å². The molecule has 64 valence electrons. The van der Waals surface area contributed by atoms with Crippen molar-refractivity contribution in [2.45, 2.75) is 26.2 Å². The Balaban J connectivity index is 2.53. The summed E-state index contributed by atoms with van der Waals surface area (Å²) in [6, 6.07) is 8.18. The van der Waals surface area contributed by atoms with E-state index in [1.807, 2.05) is 12.1 Å². The van der Waals surface area contributed by atoms with Crippen LogP contribution in [0.15, 0.2) is 24.3 Å². The van der Waals surface area contributed by atoms with E-state index in [0.29, 0.717) is 0 Å². The van der Waals surface area contributed by atoms with Gasteiger partial charge in [0.05, 0.1) is 0 Å². The maximum absolute atomic E-state index is 8.80. The largest absolute Gasteiger partial charge is 0.449 e. The summed E-state index contributed by atoms with van der Waals surface area (Å²) in [4.78, 5) is 0. The minimum absolute atomic E-state index is 0.147. The lowest BCUT2D eigenvalue weighted by molar-refractivity contribution is 0.615. The number of hydrogen-bond donors (Lipinski definition) is 1. The van der Waals surface area contributed by atoms with Crippen LogP contribution in [-0.2, 0) is 6.42 Å². The molecule has 1 aromatic rings. The number of hydrogen-bond acceptors (Lipinski definition) is 1. The molecule has 0 atom stereocenters. The van der Waals surface area contributed by atoms with Gasteiger partial charge in [-0.1, -0.05) is 43.1 Å². The third-order valence-corrected chi connectivity index (χ3v) is 2.02. The van der Waals surface area contributed by atoms with Crippen molar-refractivity contribution in [2.75, 3.05) is 0 Å². The maximum atomic E-state index is 8.80. The van der Waals surface area contributed by atoms with Crippen molar-refractivity contribution in [1.82, 2.24) is 0 Å². The zero-order valence-electron chi connectivity index (χ0n) is 7.59. The number of unbranched alkanes of at least 4 members (excludes halogenated alkanes) is 1. The van der Waals surface area contributed by atoms with Gasteiger partial charge in [-0.15, -0.1) is 0 Å². The van der Waals surface area contributed by atoms with E-state index in [0.717, 1.165) is 11.9 Å². The van der Waals surface area contributed by atoms with E-state index in [2.05, 4.69) is 19.1 Å². The molecule has 0 spiro atoms. The third-order valence-electron chi connectivity index (χ3n) is 2.02. The highest BCUT2D eigenvalue weighted by molar-refractivity contribution is 6.45. The van der Waals surface area contributed by atoms with Crippen LogP contribution in [0.3, 0.4) is 0 Å². The minimum Gasteiger partial charge on any atom is -0.449 e. The van der Waals surface area contributed by atoms with Crippen LogP contribution in [-0.4, -0.2) is 12.5 Å². The lowest BCUT2D eigenvalue weighted by Gasteiger charge is -2.00. The lowest BCUT2D eigenvalue weighted by atomic mass is 9.88. The van der Waals surface area contributed by atoms with Crippen molar-refractivity contribution < 1.29 is 5.02 Å². The molecule has 12 heavy (non-hydrogen) atoms. The van der Waals surface area contributed by atoms with E-state index in [-0.39, 0.29) is 7.48 Å². The molecule has 0 aliphatic heterocycles. The molecule has 0 saturated heterocycles. The molecule has 0 saturated carbocycles. The molecule has 1 rings (SSSR count). The van der Waals surface area contributed by atoms with Gasteiger partial charge in [-0.05, 0) is 18.4 Å². The first kappa shape index (κ1) is 9.33. The van der Waals surface area contributed by atoms with Gasteiger partial charge in [-0.2, -0.15) is 0 Å². The molecule has 0 heterocycles. The van der Waals surface area contributed by atoms with Gasteiger partial charge in [0.25, 0.3) is 0 Å². The highest BCUT2D eigenvalue weighted by Gasteiger charge is 1.93. The van der Waals surface area contributed by atoms with Crippen molar-refractivity contribution in [2.24, 2.45) is 0 Å². The van der Waals surface area contributed by atoms with Crippen LogP contribution in [0.2, 0.25) is 0 Å². The highest BCUT2D eigenvalue weighted by atomic mass is 16.2. The molecule has 1 nitrogen and oxygen atoms in total. The topological polar surface area (TPSA) is 20.2 Å². The van der Waals surface area contributed by atoms with Gasteiger partial charge in [-0.3, -0.25) is 0 Å². The molecular weight excluding hydrogens is 147 g/mol. The smallest absolute Gasteiger partial charge is 0.304 e.